The van der Waals surface area contributed by atoms with E-state index in [1.165, 1.54) is 12.5 Å². The molecule has 0 spiro atoms. The van der Waals surface area contributed by atoms with Crippen molar-refractivity contribution in [1.29, 1.82) is 0 Å². The third-order valence-electron chi connectivity index (χ3n) is 2.76. The summed E-state index contributed by atoms with van der Waals surface area (Å²) in [7, 11) is 0. The van der Waals surface area contributed by atoms with E-state index < -0.39 is 11.0 Å². The average molecular weight is 255 g/mol. The minimum Gasteiger partial charge on any atom is -0.342 e. The molecule has 7 heteroatoms. The molecule has 0 aliphatic carbocycles. The molecular formula is C12H9N5O2. The lowest BCUT2D eigenvalue weighted by Gasteiger charge is -2.07. The van der Waals surface area contributed by atoms with Gasteiger partial charge in [-0.05, 0) is 0 Å². The number of imidazole rings is 1. The summed E-state index contributed by atoms with van der Waals surface area (Å²) in [5, 5.41) is 11.3. The molecule has 0 saturated carbocycles. The maximum Gasteiger partial charge on any atom is 0.296 e. The molecule has 0 fully saturated rings. The maximum atomic E-state index is 11.3. The molecule has 2 heterocycles. The zero-order valence-electron chi connectivity index (χ0n) is 9.72. The first kappa shape index (κ1) is 11.3. The van der Waals surface area contributed by atoms with Crippen LogP contribution in [0.5, 0.6) is 0 Å². The molecular weight excluding hydrogens is 246 g/mol. The third-order valence-corrected chi connectivity index (χ3v) is 2.76. The number of nitrogens with one attached hydrogen (secondary N) is 1. The lowest BCUT2D eigenvalue weighted by Crippen LogP contribution is -2.15. The van der Waals surface area contributed by atoms with Crippen LogP contribution in [0, 0.1) is 10.1 Å². The number of hydrogen-bond donors (Lipinski definition) is 1. The average Bonchev–Trinajstić information content (AvgIpc) is 2.87. The Labute approximate surface area is 107 Å². The van der Waals surface area contributed by atoms with Gasteiger partial charge >= 0.3 is 0 Å². The topological polar surface area (TPSA) is 97.6 Å². The number of H-pyrrole nitrogens is 1. The third kappa shape index (κ3) is 2.01. The predicted octanol–water partition coefficient (Wildman–Crippen LogP) is 1.72. The number of benzene rings is 1. The van der Waals surface area contributed by atoms with Gasteiger partial charge < -0.3 is 4.98 Å². The second-order valence-corrected chi connectivity index (χ2v) is 3.97. The van der Waals surface area contributed by atoms with Gasteiger partial charge in [-0.15, -0.1) is 0 Å². The van der Waals surface area contributed by atoms with Crippen molar-refractivity contribution in [3.63, 3.8) is 0 Å². The first-order chi connectivity index (χ1) is 9.25. The van der Waals surface area contributed by atoms with E-state index in [0.717, 1.165) is 0 Å². The lowest BCUT2D eigenvalue weighted by molar-refractivity contribution is -0.518. The van der Waals surface area contributed by atoms with E-state index in [9.17, 15) is 10.1 Å². The SMILES string of the molecule is O=[N+]([O-])C(c1ccccc1)c1ncc2[nH]cnc2n1. The number of rotatable bonds is 3. The Kier molecular flexibility index (Phi) is 2.64. The van der Waals surface area contributed by atoms with Gasteiger partial charge in [-0.3, -0.25) is 10.1 Å². The molecule has 3 aromatic rings. The van der Waals surface area contributed by atoms with E-state index in [4.69, 9.17) is 0 Å². The van der Waals surface area contributed by atoms with Gasteiger partial charge in [-0.1, -0.05) is 30.3 Å². The Bertz CT molecular complexity index is 725. The van der Waals surface area contributed by atoms with Crippen molar-refractivity contribution in [3.8, 4) is 0 Å². The zero-order chi connectivity index (χ0) is 13.2. The van der Waals surface area contributed by atoms with Gasteiger partial charge in [0, 0.05) is 10.5 Å². The number of nitro groups is 1. The van der Waals surface area contributed by atoms with Crippen molar-refractivity contribution in [2.45, 2.75) is 6.04 Å². The molecule has 94 valence electrons. The molecule has 0 saturated heterocycles. The maximum absolute atomic E-state index is 11.3. The minimum atomic E-state index is -1.08. The first-order valence-electron chi connectivity index (χ1n) is 5.60. The highest BCUT2D eigenvalue weighted by molar-refractivity contribution is 5.68. The summed E-state index contributed by atoms with van der Waals surface area (Å²) in [6.45, 7) is 0. The Balaban J connectivity index is 2.12. The van der Waals surface area contributed by atoms with E-state index in [1.54, 1.807) is 30.3 Å². The van der Waals surface area contributed by atoms with Crippen molar-refractivity contribution in [2.75, 3.05) is 0 Å². The second-order valence-electron chi connectivity index (χ2n) is 3.97. The largest absolute Gasteiger partial charge is 0.342 e. The van der Waals surface area contributed by atoms with Crippen molar-refractivity contribution in [3.05, 3.63) is 64.4 Å². The molecule has 0 radical (unpaired) electrons. The van der Waals surface area contributed by atoms with E-state index in [-0.39, 0.29) is 5.82 Å². The van der Waals surface area contributed by atoms with Gasteiger partial charge in [0.2, 0.25) is 5.82 Å². The highest BCUT2D eigenvalue weighted by atomic mass is 16.6. The quantitative estimate of drug-likeness (QED) is 0.567. The Morgan fingerprint density at radius 2 is 2.00 bits per heavy atom. The standard InChI is InChI=1S/C12H9N5O2/c18-17(19)10(8-4-2-1-3-5-8)12-13-6-9-11(16-12)15-7-14-9/h1-7,10H,(H,13,14,15,16). The van der Waals surface area contributed by atoms with Crippen LogP contribution in [0.1, 0.15) is 17.4 Å². The van der Waals surface area contributed by atoms with Crippen molar-refractivity contribution >= 4 is 11.2 Å². The highest BCUT2D eigenvalue weighted by Gasteiger charge is 2.28. The van der Waals surface area contributed by atoms with Crippen LogP contribution in [0.2, 0.25) is 0 Å². The number of aromatic amines is 1. The summed E-state index contributed by atoms with van der Waals surface area (Å²) in [6.07, 6.45) is 2.98. The molecule has 1 aromatic carbocycles. The van der Waals surface area contributed by atoms with Gasteiger partial charge in [-0.25, -0.2) is 15.0 Å². The summed E-state index contributed by atoms with van der Waals surface area (Å²) in [6, 6.07) is 7.59. The van der Waals surface area contributed by atoms with Gasteiger partial charge in [0.15, 0.2) is 5.65 Å². The number of nitrogens with zero attached hydrogens (tertiary/aromatic N) is 4. The summed E-state index contributed by atoms with van der Waals surface area (Å²) < 4.78 is 0. The number of hydrogen-bond acceptors (Lipinski definition) is 5. The predicted molar refractivity (Wildman–Crippen MR) is 67.0 cm³/mol. The van der Waals surface area contributed by atoms with Crippen LogP contribution in [0.25, 0.3) is 11.2 Å². The highest BCUT2D eigenvalue weighted by Crippen LogP contribution is 2.22. The van der Waals surface area contributed by atoms with Crippen LogP contribution >= 0.6 is 0 Å². The first-order valence-corrected chi connectivity index (χ1v) is 5.60. The molecule has 1 N–H and O–H groups in total. The van der Waals surface area contributed by atoms with E-state index in [2.05, 4.69) is 19.9 Å². The molecule has 0 aliphatic rings. The molecule has 0 aliphatic heterocycles. The fraction of sp³-hybridized carbons (Fsp3) is 0.0833. The molecule has 0 amide bonds. The summed E-state index contributed by atoms with van der Waals surface area (Å²) in [5.74, 6) is 0.135. The van der Waals surface area contributed by atoms with Crippen LogP contribution in [-0.2, 0) is 0 Å². The fourth-order valence-corrected chi connectivity index (χ4v) is 1.88. The van der Waals surface area contributed by atoms with Crippen LogP contribution in [0.3, 0.4) is 0 Å². The van der Waals surface area contributed by atoms with Crippen molar-refractivity contribution in [1.82, 2.24) is 19.9 Å². The Morgan fingerprint density at radius 1 is 1.21 bits per heavy atom. The fourth-order valence-electron chi connectivity index (χ4n) is 1.88. The molecule has 1 atom stereocenters. The molecule has 2 aromatic heterocycles. The van der Waals surface area contributed by atoms with Gasteiger partial charge in [0.1, 0.15) is 5.52 Å². The van der Waals surface area contributed by atoms with E-state index in [1.807, 2.05) is 0 Å². The molecule has 0 bridgehead atoms. The van der Waals surface area contributed by atoms with Crippen LogP contribution < -0.4 is 0 Å². The van der Waals surface area contributed by atoms with Gasteiger partial charge in [0.25, 0.3) is 6.04 Å². The number of fused-ring (bicyclic) bond motifs is 1. The Morgan fingerprint density at radius 3 is 2.74 bits per heavy atom. The minimum absolute atomic E-state index is 0.135. The van der Waals surface area contributed by atoms with Crippen molar-refractivity contribution < 1.29 is 4.92 Å². The second kappa shape index (κ2) is 4.45. The van der Waals surface area contributed by atoms with E-state index in [0.29, 0.717) is 16.7 Å². The smallest absolute Gasteiger partial charge is 0.296 e. The molecule has 1 unspecified atom stereocenters. The van der Waals surface area contributed by atoms with Gasteiger partial charge in [-0.2, -0.15) is 0 Å². The summed E-state index contributed by atoms with van der Waals surface area (Å²) in [4.78, 5) is 25.9. The van der Waals surface area contributed by atoms with Crippen molar-refractivity contribution in [2.24, 2.45) is 0 Å². The van der Waals surface area contributed by atoms with Crippen LogP contribution in [-0.4, -0.2) is 24.9 Å². The Hall–Kier alpha value is -2.83. The van der Waals surface area contributed by atoms with Gasteiger partial charge in [0.05, 0.1) is 12.5 Å². The van der Waals surface area contributed by atoms with Crippen LogP contribution in [0.4, 0.5) is 0 Å². The molecule has 7 nitrogen and oxygen atoms in total. The van der Waals surface area contributed by atoms with E-state index >= 15 is 0 Å². The summed E-state index contributed by atoms with van der Waals surface area (Å²) in [5.41, 5.74) is 1.62. The van der Waals surface area contributed by atoms with Crippen LogP contribution in [0.15, 0.2) is 42.9 Å². The monoisotopic (exact) mass is 255 g/mol. The lowest BCUT2D eigenvalue weighted by atomic mass is 10.1. The molecule has 19 heavy (non-hydrogen) atoms. The zero-order valence-corrected chi connectivity index (χ0v) is 9.72. The normalized spacial score (nSPS) is 12.4. The molecule has 3 rings (SSSR count). The summed E-state index contributed by atoms with van der Waals surface area (Å²) >= 11 is 0. The number of aromatic nitrogens is 4.